The van der Waals surface area contributed by atoms with E-state index in [1.165, 1.54) is 0 Å². The molecule has 0 saturated heterocycles. The number of rotatable bonds is 4. The van der Waals surface area contributed by atoms with E-state index in [1.807, 2.05) is 66.0 Å². The molecule has 2 N–H and O–H groups in total. The molecule has 2 aliphatic rings. The first kappa shape index (κ1) is 19.6. The first-order chi connectivity index (χ1) is 15.2. The number of amides is 1. The highest BCUT2D eigenvalue weighted by Crippen LogP contribution is 2.45. The van der Waals surface area contributed by atoms with Crippen LogP contribution in [0.4, 0.5) is 17.1 Å². The van der Waals surface area contributed by atoms with Crippen LogP contribution in [0, 0.1) is 0 Å². The van der Waals surface area contributed by atoms with Crippen LogP contribution in [-0.4, -0.2) is 18.2 Å². The Balaban J connectivity index is 1.59. The number of carbonyl (C=O) groups excluding carboxylic acids is 2. The molecule has 0 saturated carbocycles. The molecule has 1 amide bonds. The minimum Gasteiger partial charge on any atom is -0.357 e. The molecule has 1 aromatic heterocycles. The summed E-state index contributed by atoms with van der Waals surface area (Å²) < 4.78 is 0. The molecule has 0 unspecified atom stereocenters. The van der Waals surface area contributed by atoms with Crippen molar-refractivity contribution < 1.29 is 9.59 Å². The number of carbonyl (C=O) groups is 2. The van der Waals surface area contributed by atoms with Crippen LogP contribution in [0.15, 0.2) is 83.4 Å². The molecule has 0 spiro atoms. The molecule has 2 heterocycles. The monoisotopic (exact) mass is 429 g/mol. The van der Waals surface area contributed by atoms with Crippen molar-refractivity contribution in [2.75, 3.05) is 22.1 Å². The van der Waals surface area contributed by atoms with E-state index in [-0.39, 0.29) is 24.3 Å². The van der Waals surface area contributed by atoms with Crippen LogP contribution in [0.25, 0.3) is 0 Å². The van der Waals surface area contributed by atoms with Gasteiger partial charge in [-0.15, -0.1) is 11.3 Å². The molecule has 1 aliphatic carbocycles. The summed E-state index contributed by atoms with van der Waals surface area (Å²) in [4.78, 5) is 29.4. The molecule has 1 atom stereocenters. The van der Waals surface area contributed by atoms with Gasteiger partial charge in [-0.3, -0.25) is 9.59 Å². The predicted molar refractivity (Wildman–Crippen MR) is 125 cm³/mol. The Morgan fingerprint density at radius 1 is 1.03 bits per heavy atom. The summed E-state index contributed by atoms with van der Waals surface area (Å²) in [7, 11) is 0. The van der Waals surface area contributed by atoms with E-state index in [0.717, 1.165) is 46.1 Å². The molecular formula is C25H23N3O2S. The average Bonchev–Trinajstić information content (AvgIpc) is 3.26. The standard InChI is InChI=1S/C25H23N3O2S/c29-21-13-6-11-19-24(21)25(22-14-7-15-31-22)28(20-12-5-4-10-18(20)27-19)16-23(30)26-17-8-2-1-3-9-17/h1-5,7-10,12,14-15,25,27H,6,11,13,16H2,(H,26,30)/t25-/m1/s1. The number of nitrogens with zero attached hydrogens (tertiary/aromatic N) is 1. The second-order valence-electron chi connectivity index (χ2n) is 7.77. The molecule has 1 aliphatic heterocycles. The van der Waals surface area contributed by atoms with Gasteiger partial charge in [0.15, 0.2) is 5.78 Å². The SMILES string of the molecule is O=C(CN1c2ccccc2NC2=C(C(=O)CCC2)[C@H]1c1cccs1)Nc1ccccc1. The van der Waals surface area contributed by atoms with E-state index < -0.39 is 0 Å². The fraction of sp³-hybridized carbons (Fsp3) is 0.200. The summed E-state index contributed by atoms with van der Waals surface area (Å²) in [5.74, 6) is 0.0447. The van der Waals surface area contributed by atoms with Gasteiger partial charge in [0.2, 0.25) is 5.91 Å². The number of fused-ring (bicyclic) bond motifs is 1. The van der Waals surface area contributed by atoms with Gasteiger partial charge in [-0.2, -0.15) is 0 Å². The Kier molecular flexibility index (Phi) is 5.30. The van der Waals surface area contributed by atoms with E-state index >= 15 is 0 Å². The summed E-state index contributed by atoms with van der Waals surface area (Å²) in [6.07, 6.45) is 2.22. The summed E-state index contributed by atoms with van der Waals surface area (Å²) in [6, 6.07) is 21.2. The third-order valence-corrected chi connectivity index (χ3v) is 6.65. The highest BCUT2D eigenvalue weighted by molar-refractivity contribution is 7.10. The van der Waals surface area contributed by atoms with Crippen molar-refractivity contribution in [3.05, 3.63) is 88.3 Å². The zero-order chi connectivity index (χ0) is 21.2. The number of benzene rings is 2. The number of para-hydroxylation sites is 3. The van der Waals surface area contributed by atoms with Gasteiger partial charge in [0, 0.05) is 28.3 Å². The zero-order valence-corrected chi connectivity index (χ0v) is 17.8. The zero-order valence-electron chi connectivity index (χ0n) is 17.0. The van der Waals surface area contributed by atoms with Crippen LogP contribution in [0.5, 0.6) is 0 Å². The number of thiophene rings is 1. The average molecular weight is 430 g/mol. The van der Waals surface area contributed by atoms with Gasteiger partial charge in [0.1, 0.15) is 0 Å². The fourth-order valence-electron chi connectivity index (χ4n) is 4.39. The lowest BCUT2D eigenvalue weighted by Crippen LogP contribution is -2.38. The van der Waals surface area contributed by atoms with Gasteiger partial charge in [-0.25, -0.2) is 0 Å². The lowest BCUT2D eigenvalue weighted by molar-refractivity contribution is -0.117. The topological polar surface area (TPSA) is 61.4 Å². The molecule has 31 heavy (non-hydrogen) atoms. The molecular weight excluding hydrogens is 406 g/mol. The minimum atomic E-state index is -0.291. The molecule has 0 bridgehead atoms. The Hall–Kier alpha value is -3.38. The van der Waals surface area contributed by atoms with Gasteiger partial charge in [-0.05, 0) is 48.6 Å². The molecule has 3 aromatic rings. The number of anilines is 3. The quantitative estimate of drug-likeness (QED) is 0.586. The van der Waals surface area contributed by atoms with Crippen LogP contribution in [-0.2, 0) is 9.59 Å². The molecule has 5 nitrogen and oxygen atoms in total. The number of hydrogen-bond acceptors (Lipinski definition) is 5. The predicted octanol–water partition coefficient (Wildman–Crippen LogP) is 5.37. The number of Topliss-reactive ketones (excluding diaryl/α,β-unsaturated/α-hetero) is 1. The van der Waals surface area contributed by atoms with Crippen LogP contribution >= 0.6 is 11.3 Å². The van der Waals surface area contributed by atoms with Crippen LogP contribution < -0.4 is 15.5 Å². The molecule has 156 valence electrons. The molecule has 6 heteroatoms. The van der Waals surface area contributed by atoms with E-state index in [0.29, 0.717) is 6.42 Å². The van der Waals surface area contributed by atoms with Crippen molar-refractivity contribution >= 4 is 40.1 Å². The number of hydrogen-bond donors (Lipinski definition) is 2. The van der Waals surface area contributed by atoms with Crippen molar-refractivity contribution in [1.29, 1.82) is 0 Å². The second kappa shape index (κ2) is 8.40. The summed E-state index contributed by atoms with van der Waals surface area (Å²) in [6.45, 7) is 0.139. The Labute approximate surface area is 185 Å². The highest BCUT2D eigenvalue weighted by Gasteiger charge is 2.37. The maximum absolute atomic E-state index is 13.1. The summed E-state index contributed by atoms with van der Waals surface area (Å²) >= 11 is 1.62. The second-order valence-corrected chi connectivity index (χ2v) is 8.75. The molecule has 0 fully saturated rings. The van der Waals surface area contributed by atoms with E-state index in [4.69, 9.17) is 0 Å². The maximum atomic E-state index is 13.1. The van der Waals surface area contributed by atoms with Crippen molar-refractivity contribution in [2.45, 2.75) is 25.3 Å². The molecule has 2 aromatic carbocycles. The van der Waals surface area contributed by atoms with Gasteiger partial charge in [-0.1, -0.05) is 36.4 Å². The number of ketones is 1. The minimum absolute atomic E-state index is 0.116. The van der Waals surface area contributed by atoms with E-state index in [2.05, 4.69) is 21.6 Å². The number of allylic oxidation sites excluding steroid dienone is 1. The van der Waals surface area contributed by atoms with E-state index in [9.17, 15) is 9.59 Å². The highest BCUT2D eigenvalue weighted by atomic mass is 32.1. The van der Waals surface area contributed by atoms with Gasteiger partial charge in [0.25, 0.3) is 0 Å². The third-order valence-electron chi connectivity index (χ3n) is 5.72. The fourth-order valence-corrected chi connectivity index (χ4v) is 5.24. The van der Waals surface area contributed by atoms with E-state index in [1.54, 1.807) is 11.3 Å². The van der Waals surface area contributed by atoms with Gasteiger partial charge in [0.05, 0.1) is 24.0 Å². The van der Waals surface area contributed by atoms with Crippen molar-refractivity contribution in [1.82, 2.24) is 0 Å². The first-order valence-electron chi connectivity index (χ1n) is 10.5. The lowest BCUT2D eigenvalue weighted by atomic mass is 9.88. The van der Waals surface area contributed by atoms with Crippen LogP contribution in [0.1, 0.15) is 30.2 Å². The van der Waals surface area contributed by atoms with Crippen molar-refractivity contribution in [3.63, 3.8) is 0 Å². The lowest BCUT2D eigenvalue weighted by Gasteiger charge is -2.34. The summed E-state index contributed by atoms with van der Waals surface area (Å²) in [5.41, 5.74) is 4.38. The van der Waals surface area contributed by atoms with Crippen LogP contribution in [0.3, 0.4) is 0 Å². The Morgan fingerprint density at radius 2 is 1.84 bits per heavy atom. The van der Waals surface area contributed by atoms with Crippen molar-refractivity contribution in [2.24, 2.45) is 0 Å². The van der Waals surface area contributed by atoms with Crippen LogP contribution in [0.2, 0.25) is 0 Å². The first-order valence-corrected chi connectivity index (χ1v) is 11.4. The van der Waals surface area contributed by atoms with Crippen molar-refractivity contribution in [3.8, 4) is 0 Å². The molecule has 5 rings (SSSR count). The Bertz CT molecular complexity index is 1140. The third kappa shape index (κ3) is 3.86. The molecule has 0 radical (unpaired) electrons. The number of nitrogens with one attached hydrogen (secondary N) is 2. The van der Waals surface area contributed by atoms with Gasteiger partial charge >= 0.3 is 0 Å². The van der Waals surface area contributed by atoms with Gasteiger partial charge < -0.3 is 15.5 Å². The maximum Gasteiger partial charge on any atom is 0.243 e. The summed E-state index contributed by atoms with van der Waals surface area (Å²) in [5, 5.41) is 8.54. The Morgan fingerprint density at radius 3 is 2.65 bits per heavy atom. The normalized spacial score (nSPS) is 18.0. The largest absolute Gasteiger partial charge is 0.357 e. The smallest absolute Gasteiger partial charge is 0.243 e.